The second-order valence-electron chi connectivity index (χ2n) is 8.83. The van der Waals surface area contributed by atoms with Crippen LogP contribution in [-0.4, -0.2) is 43.2 Å². The average molecular weight is 533 g/mol. The molecule has 192 valence electrons. The summed E-state index contributed by atoms with van der Waals surface area (Å²) in [5, 5.41) is 27.5. The van der Waals surface area contributed by atoms with E-state index in [0.29, 0.717) is 41.2 Å². The first-order chi connectivity index (χ1) is 18.5. The monoisotopic (exact) mass is 532 g/mol. The normalized spacial score (nSPS) is 16.6. The molecule has 0 unspecified atom stereocenters. The Balaban J connectivity index is 1.13. The third-order valence-electron chi connectivity index (χ3n) is 6.22. The number of carbonyl (C=O) groups is 1. The third-order valence-corrected chi connectivity index (χ3v) is 7.23. The topological polar surface area (TPSA) is 135 Å². The number of aliphatic hydroxyl groups excluding tert-OH is 1. The Bertz CT molecular complexity index is 1610. The van der Waals surface area contributed by atoms with Crippen molar-refractivity contribution in [3.8, 4) is 11.5 Å². The van der Waals surface area contributed by atoms with Crippen LogP contribution in [0.5, 0.6) is 11.5 Å². The lowest BCUT2D eigenvalue weighted by atomic mass is 9.87. The molecule has 38 heavy (non-hydrogen) atoms. The van der Waals surface area contributed by atoms with Gasteiger partial charge < -0.3 is 14.6 Å². The molecule has 6 rings (SSSR count). The van der Waals surface area contributed by atoms with Gasteiger partial charge in [-0.25, -0.2) is 14.5 Å². The van der Waals surface area contributed by atoms with Crippen LogP contribution in [0.1, 0.15) is 32.6 Å². The van der Waals surface area contributed by atoms with E-state index in [4.69, 9.17) is 9.47 Å². The fourth-order valence-electron chi connectivity index (χ4n) is 4.38. The number of fused-ring (bicyclic) bond motifs is 2. The van der Waals surface area contributed by atoms with Crippen molar-refractivity contribution in [2.75, 3.05) is 11.9 Å². The molecule has 0 saturated carbocycles. The SMILES string of the molecule is O=C(Nc1nnn[nH]1)c1cccc(C[C@H]2COc3ccc(OCc4nc5cc(F)ccc5s4)cc3[C@H]2O)c1. The van der Waals surface area contributed by atoms with Gasteiger partial charge in [-0.15, -0.1) is 11.3 Å². The fourth-order valence-corrected chi connectivity index (χ4v) is 5.24. The number of nitrogens with zero attached hydrogens (tertiary/aromatic N) is 4. The molecule has 0 saturated heterocycles. The molecule has 0 fully saturated rings. The Hall–Kier alpha value is -4.42. The lowest BCUT2D eigenvalue weighted by Crippen LogP contribution is -2.27. The van der Waals surface area contributed by atoms with Gasteiger partial charge >= 0.3 is 0 Å². The molecule has 1 aliphatic heterocycles. The molecule has 0 spiro atoms. The van der Waals surface area contributed by atoms with E-state index in [1.165, 1.54) is 23.5 Å². The molecular formula is C26H21FN6O4S. The molecule has 2 aromatic heterocycles. The molecule has 1 aliphatic rings. The van der Waals surface area contributed by atoms with E-state index in [1.54, 1.807) is 42.5 Å². The van der Waals surface area contributed by atoms with Crippen molar-refractivity contribution in [2.24, 2.45) is 5.92 Å². The minimum Gasteiger partial charge on any atom is -0.493 e. The Labute approximate surface area is 219 Å². The van der Waals surface area contributed by atoms with Crippen LogP contribution in [0.2, 0.25) is 0 Å². The van der Waals surface area contributed by atoms with E-state index in [1.807, 2.05) is 6.07 Å². The number of anilines is 1. The fraction of sp³-hybridized carbons (Fsp3) is 0.192. The van der Waals surface area contributed by atoms with Crippen molar-refractivity contribution in [1.82, 2.24) is 25.6 Å². The number of aliphatic hydroxyl groups is 1. The molecule has 12 heteroatoms. The van der Waals surface area contributed by atoms with Crippen LogP contribution in [0.4, 0.5) is 10.3 Å². The van der Waals surface area contributed by atoms with Gasteiger partial charge in [0.2, 0.25) is 5.95 Å². The van der Waals surface area contributed by atoms with Crippen LogP contribution >= 0.6 is 11.3 Å². The maximum absolute atomic E-state index is 13.5. The van der Waals surface area contributed by atoms with Gasteiger partial charge in [-0.05, 0) is 64.9 Å². The van der Waals surface area contributed by atoms with Crippen molar-refractivity contribution in [3.63, 3.8) is 0 Å². The van der Waals surface area contributed by atoms with E-state index in [2.05, 4.69) is 30.9 Å². The summed E-state index contributed by atoms with van der Waals surface area (Å²) in [7, 11) is 0. The maximum atomic E-state index is 13.5. The number of hydrogen-bond acceptors (Lipinski definition) is 9. The summed E-state index contributed by atoms with van der Waals surface area (Å²) in [4.78, 5) is 16.9. The Kier molecular flexibility index (Phi) is 6.40. The second kappa shape index (κ2) is 10.1. The molecule has 0 aliphatic carbocycles. The number of nitrogens with one attached hydrogen (secondary N) is 2. The van der Waals surface area contributed by atoms with Crippen LogP contribution < -0.4 is 14.8 Å². The van der Waals surface area contributed by atoms with Gasteiger partial charge in [0.15, 0.2) is 0 Å². The van der Waals surface area contributed by atoms with Gasteiger partial charge in [0.1, 0.15) is 28.9 Å². The van der Waals surface area contributed by atoms with Gasteiger partial charge in [-0.2, -0.15) is 0 Å². The number of carbonyl (C=O) groups excluding carboxylic acids is 1. The number of aromatic nitrogens is 5. The van der Waals surface area contributed by atoms with Crippen LogP contribution in [0.3, 0.4) is 0 Å². The number of rotatable bonds is 7. The average Bonchev–Trinajstić information content (AvgIpc) is 3.58. The number of hydrogen-bond donors (Lipinski definition) is 3. The molecule has 3 heterocycles. The summed E-state index contributed by atoms with van der Waals surface area (Å²) in [5.41, 5.74) is 2.56. The van der Waals surface area contributed by atoms with Crippen molar-refractivity contribution in [3.05, 3.63) is 88.2 Å². The Morgan fingerprint density at radius 3 is 3.00 bits per heavy atom. The number of aromatic amines is 1. The van der Waals surface area contributed by atoms with E-state index in [0.717, 1.165) is 15.3 Å². The molecule has 1 amide bonds. The number of ether oxygens (including phenoxy) is 2. The standard InChI is InChI=1S/C26H21FN6O4S/c27-17-4-7-22-20(10-17)28-23(38-22)13-36-18-5-6-21-19(11-18)24(34)16(12-37-21)9-14-2-1-3-15(8-14)25(35)29-26-30-32-33-31-26/h1-8,10-11,16,24,34H,9,12-13H2,(H2,29,30,31,32,33,35)/t16-,24-/m0/s1. The highest BCUT2D eigenvalue weighted by atomic mass is 32.1. The van der Waals surface area contributed by atoms with Crippen LogP contribution in [0, 0.1) is 11.7 Å². The van der Waals surface area contributed by atoms with Gasteiger partial charge in [0.25, 0.3) is 5.91 Å². The molecule has 10 nitrogen and oxygen atoms in total. The number of benzene rings is 3. The van der Waals surface area contributed by atoms with Crippen molar-refractivity contribution < 1.29 is 23.8 Å². The molecule has 2 atom stereocenters. The van der Waals surface area contributed by atoms with Crippen LogP contribution in [0.15, 0.2) is 60.7 Å². The van der Waals surface area contributed by atoms with E-state index < -0.39 is 6.10 Å². The van der Waals surface area contributed by atoms with Crippen molar-refractivity contribution in [2.45, 2.75) is 19.1 Å². The molecule has 3 N–H and O–H groups in total. The van der Waals surface area contributed by atoms with Gasteiger partial charge in [-0.1, -0.05) is 17.2 Å². The molecule has 0 bridgehead atoms. The van der Waals surface area contributed by atoms with E-state index >= 15 is 0 Å². The first kappa shape index (κ1) is 23.9. The van der Waals surface area contributed by atoms with Crippen molar-refractivity contribution in [1.29, 1.82) is 0 Å². The minimum absolute atomic E-state index is 0.156. The maximum Gasteiger partial charge on any atom is 0.258 e. The largest absolute Gasteiger partial charge is 0.493 e. The lowest BCUT2D eigenvalue weighted by Gasteiger charge is -2.30. The molecular weight excluding hydrogens is 511 g/mol. The summed E-state index contributed by atoms with van der Waals surface area (Å²) in [6.45, 7) is 0.552. The smallest absolute Gasteiger partial charge is 0.258 e. The molecule has 0 radical (unpaired) electrons. The summed E-state index contributed by atoms with van der Waals surface area (Å²) >= 11 is 1.44. The summed E-state index contributed by atoms with van der Waals surface area (Å²) in [6.07, 6.45) is -0.288. The zero-order valence-electron chi connectivity index (χ0n) is 19.8. The van der Waals surface area contributed by atoms with Crippen LogP contribution in [-0.2, 0) is 13.0 Å². The number of halogens is 1. The molecule has 3 aromatic carbocycles. The Morgan fingerprint density at radius 1 is 1.21 bits per heavy atom. The van der Waals surface area contributed by atoms with E-state index in [-0.39, 0.29) is 30.2 Å². The number of thiazole rings is 1. The third kappa shape index (κ3) is 5.04. The zero-order chi connectivity index (χ0) is 26.1. The van der Waals surface area contributed by atoms with Crippen LogP contribution in [0.25, 0.3) is 10.2 Å². The Morgan fingerprint density at radius 2 is 2.13 bits per heavy atom. The van der Waals surface area contributed by atoms with Gasteiger partial charge in [0.05, 0.1) is 22.9 Å². The number of amides is 1. The van der Waals surface area contributed by atoms with Gasteiger partial charge in [-0.3, -0.25) is 10.1 Å². The quantitative estimate of drug-likeness (QED) is 0.286. The van der Waals surface area contributed by atoms with Crippen molar-refractivity contribution >= 4 is 33.4 Å². The summed E-state index contributed by atoms with van der Waals surface area (Å²) in [6, 6.07) is 17.0. The first-order valence-electron chi connectivity index (χ1n) is 11.8. The number of H-pyrrole nitrogens is 1. The highest BCUT2D eigenvalue weighted by Crippen LogP contribution is 2.39. The lowest BCUT2D eigenvalue weighted by molar-refractivity contribution is 0.0504. The second-order valence-corrected chi connectivity index (χ2v) is 9.95. The highest BCUT2D eigenvalue weighted by molar-refractivity contribution is 7.18. The highest BCUT2D eigenvalue weighted by Gasteiger charge is 2.30. The predicted octanol–water partition coefficient (Wildman–Crippen LogP) is 4.06. The summed E-state index contributed by atoms with van der Waals surface area (Å²) in [5.74, 6) is 0.420. The van der Waals surface area contributed by atoms with E-state index in [9.17, 15) is 14.3 Å². The van der Waals surface area contributed by atoms with Gasteiger partial charge in [0, 0.05) is 23.1 Å². The summed E-state index contributed by atoms with van der Waals surface area (Å²) < 4.78 is 26.2. The minimum atomic E-state index is -0.787. The first-order valence-corrected chi connectivity index (χ1v) is 12.6. The number of tetrazole rings is 1. The zero-order valence-corrected chi connectivity index (χ0v) is 20.6. The predicted molar refractivity (Wildman–Crippen MR) is 137 cm³/mol. The molecule has 5 aromatic rings.